The van der Waals surface area contributed by atoms with Crippen molar-refractivity contribution in [3.8, 4) is 0 Å². The lowest BCUT2D eigenvalue weighted by Gasteiger charge is -2.01. The average Bonchev–Trinajstić information content (AvgIpc) is 2.87. The number of hydrogen-bond acceptors (Lipinski definition) is 4. The summed E-state index contributed by atoms with van der Waals surface area (Å²) in [5, 5.41) is 0. The summed E-state index contributed by atoms with van der Waals surface area (Å²) in [6.07, 6.45) is 4.11. The van der Waals surface area contributed by atoms with Crippen LogP contribution in [-0.2, 0) is 5.75 Å². The third-order valence-corrected chi connectivity index (χ3v) is 6.91. The van der Waals surface area contributed by atoms with Gasteiger partial charge in [0.2, 0.25) is 0 Å². The molecule has 0 atom stereocenters. The summed E-state index contributed by atoms with van der Waals surface area (Å²) in [6, 6.07) is 16.6. The van der Waals surface area contributed by atoms with Crippen molar-refractivity contribution >= 4 is 41.4 Å². The van der Waals surface area contributed by atoms with Gasteiger partial charge in [-0.2, -0.15) is 0 Å². The Balaban J connectivity index is 1.63. The second-order valence-corrected chi connectivity index (χ2v) is 8.34. The number of rotatable bonds is 4. The average molecular weight is 330 g/mol. The molecular weight excluding hydrogens is 314 g/mol. The van der Waals surface area contributed by atoms with Gasteiger partial charge in [-0.3, -0.25) is 4.98 Å². The SMILES string of the molecule is CC1=C(SCc2ccccn2)S/C(=C/c2ccccc2)S1. The van der Waals surface area contributed by atoms with Gasteiger partial charge >= 0.3 is 0 Å². The second kappa shape index (κ2) is 7.25. The number of benzene rings is 1. The molecule has 106 valence electrons. The second-order valence-electron chi connectivity index (χ2n) is 4.53. The first-order valence-electron chi connectivity index (χ1n) is 6.67. The highest BCUT2D eigenvalue weighted by Gasteiger charge is 2.18. The van der Waals surface area contributed by atoms with E-state index < -0.39 is 0 Å². The van der Waals surface area contributed by atoms with E-state index >= 15 is 0 Å². The van der Waals surface area contributed by atoms with E-state index in [0.717, 1.165) is 11.4 Å². The molecule has 1 aromatic heterocycles. The number of aromatic nitrogens is 1. The molecule has 0 amide bonds. The molecule has 0 fully saturated rings. The summed E-state index contributed by atoms with van der Waals surface area (Å²) in [5.74, 6) is 0.930. The number of pyridine rings is 1. The van der Waals surface area contributed by atoms with E-state index in [4.69, 9.17) is 0 Å². The molecule has 0 saturated carbocycles. The molecule has 1 aliphatic rings. The van der Waals surface area contributed by atoms with Gasteiger partial charge in [-0.05, 0) is 30.7 Å². The van der Waals surface area contributed by atoms with Gasteiger partial charge in [-0.25, -0.2) is 0 Å². The molecule has 0 spiro atoms. The molecule has 1 aromatic carbocycles. The smallest absolute Gasteiger partial charge is 0.0555 e. The van der Waals surface area contributed by atoms with Gasteiger partial charge in [0.15, 0.2) is 0 Å². The zero-order valence-electron chi connectivity index (χ0n) is 11.7. The van der Waals surface area contributed by atoms with Gasteiger partial charge < -0.3 is 0 Å². The molecule has 0 aliphatic carbocycles. The minimum absolute atomic E-state index is 0.930. The third kappa shape index (κ3) is 4.19. The maximum Gasteiger partial charge on any atom is 0.0555 e. The fourth-order valence-electron chi connectivity index (χ4n) is 1.87. The summed E-state index contributed by atoms with van der Waals surface area (Å²) in [4.78, 5) is 5.77. The maximum absolute atomic E-state index is 4.38. The van der Waals surface area contributed by atoms with E-state index in [-0.39, 0.29) is 0 Å². The number of thioether (sulfide) groups is 3. The molecule has 4 heteroatoms. The Morgan fingerprint density at radius 2 is 1.86 bits per heavy atom. The Bertz CT molecular complexity index is 663. The van der Waals surface area contributed by atoms with E-state index in [2.05, 4.69) is 54.4 Å². The Morgan fingerprint density at radius 1 is 1.05 bits per heavy atom. The van der Waals surface area contributed by atoms with E-state index in [1.54, 1.807) is 0 Å². The van der Waals surface area contributed by atoms with Crippen molar-refractivity contribution in [3.63, 3.8) is 0 Å². The number of nitrogens with zero attached hydrogens (tertiary/aromatic N) is 1. The lowest BCUT2D eigenvalue weighted by atomic mass is 10.2. The van der Waals surface area contributed by atoms with E-state index in [1.807, 2.05) is 53.6 Å². The van der Waals surface area contributed by atoms with Crippen molar-refractivity contribution in [1.82, 2.24) is 4.98 Å². The van der Waals surface area contributed by atoms with Crippen LogP contribution >= 0.6 is 35.3 Å². The standard InChI is InChI=1S/C17H15NS3/c1-13-17(19-12-15-9-5-6-10-18-15)21-16(20-13)11-14-7-3-2-4-8-14/h2-11H,12H2,1H3/b16-11+. The molecule has 2 heterocycles. The summed E-state index contributed by atoms with van der Waals surface area (Å²) >= 11 is 5.62. The maximum atomic E-state index is 4.38. The molecule has 0 radical (unpaired) electrons. The van der Waals surface area contributed by atoms with Crippen LogP contribution in [0.2, 0.25) is 0 Å². The monoisotopic (exact) mass is 329 g/mol. The predicted octanol–water partition coefficient (Wildman–Crippen LogP) is 5.98. The van der Waals surface area contributed by atoms with Gasteiger partial charge in [0.05, 0.1) is 14.2 Å². The van der Waals surface area contributed by atoms with Crippen LogP contribution in [-0.4, -0.2) is 4.98 Å². The molecule has 0 bridgehead atoms. The molecule has 2 aromatic rings. The quantitative estimate of drug-likeness (QED) is 0.683. The molecule has 3 rings (SSSR count). The van der Waals surface area contributed by atoms with Crippen LogP contribution in [0.3, 0.4) is 0 Å². The first-order valence-corrected chi connectivity index (χ1v) is 9.29. The van der Waals surface area contributed by atoms with Crippen LogP contribution in [0.5, 0.6) is 0 Å². The van der Waals surface area contributed by atoms with Crippen LogP contribution in [0.4, 0.5) is 0 Å². The molecule has 0 unspecified atom stereocenters. The fraction of sp³-hybridized carbons (Fsp3) is 0.118. The van der Waals surface area contributed by atoms with Crippen molar-refractivity contribution in [2.45, 2.75) is 12.7 Å². The van der Waals surface area contributed by atoms with Crippen LogP contribution in [0.15, 0.2) is 68.1 Å². The molecule has 1 nitrogen and oxygen atoms in total. The number of allylic oxidation sites excluding steroid dienone is 1. The van der Waals surface area contributed by atoms with Crippen LogP contribution in [0.25, 0.3) is 6.08 Å². The summed E-state index contributed by atoms with van der Waals surface area (Å²) in [7, 11) is 0. The topological polar surface area (TPSA) is 12.9 Å². The van der Waals surface area contributed by atoms with E-state index in [1.165, 1.54) is 18.9 Å². The van der Waals surface area contributed by atoms with Crippen molar-refractivity contribution in [3.05, 3.63) is 79.4 Å². The normalized spacial score (nSPS) is 16.7. The van der Waals surface area contributed by atoms with E-state index in [9.17, 15) is 0 Å². The molecule has 21 heavy (non-hydrogen) atoms. The van der Waals surface area contributed by atoms with Crippen LogP contribution in [0.1, 0.15) is 18.2 Å². The fourth-order valence-corrected chi connectivity index (χ4v) is 5.81. The Morgan fingerprint density at radius 3 is 2.62 bits per heavy atom. The van der Waals surface area contributed by atoms with E-state index in [0.29, 0.717) is 0 Å². The molecule has 0 saturated heterocycles. The third-order valence-electron chi connectivity index (χ3n) is 2.90. The minimum atomic E-state index is 0.930. The highest BCUT2D eigenvalue weighted by atomic mass is 32.2. The summed E-state index contributed by atoms with van der Waals surface area (Å²) < 4.78 is 2.75. The zero-order chi connectivity index (χ0) is 14.5. The van der Waals surface area contributed by atoms with Gasteiger partial charge in [0.25, 0.3) is 0 Å². The highest BCUT2D eigenvalue weighted by molar-refractivity contribution is 8.35. The first kappa shape index (κ1) is 14.8. The number of hydrogen-bond donors (Lipinski definition) is 0. The summed E-state index contributed by atoms with van der Waals surface area (Å²) in [5.41, 5.74) is 2.39. The van der Waals surface area contributed by atoms with Crippen LogP contribution in [0, 0.1) is 0 Å². The molecule has 1 aliphatic heterocycles. The lowest BCUT2D eigenvalue weighted by Crippen LogP contribution is -1.84. The van der Waals surface area contributed by atoms with Crippen molar-refractivity contribution in [1.29, 1.82) is 0 Å². The molecular formula is C17H15NS3. The van der Waals surface area contributed by atoms with Gasteiger partial charge in [-0.1, -0.05) is 59.9 Å². The van der Waals surface area contributed by atoms with Crippen molar-refractivity contribution < 1.29 is 0 Å². The lowest BCUT2D eigenvalue weighted by molar-refractivity contribution is 1.18. The molecule has 0 N–H and O–H groups in total. The predicted molar refractivity (Wildman–Crippen MR) is 97.8 cm³/mol. The first-order chi connectivity index (χ1) is 10.3. The van der Waals surface area contributed by atoms with Gasteiger partial charge in [0, 0.05) is 16.9 Å². The van der Waals surface area contributed by atoms with Crippen LogP contribution < -0.4 is 0 Å². The Kier molecular flexibility index (Phi) is 5.12. The highest BCUT2D eigenvalue weighted by Crippen LogP contribution is 2.54. The van der Waals surface area contributed by atoms with Gasteiger partial charge in [0.1, 0.15) is 0 Å². The van der Waals surface area contributed by atoms with Crippen molar-refractivity contribution in [2.24, 2.45) is 0 Å². The zero-order valence-corrected chi connectivity index (χ0v) is 14.1. The van der Waals surface area contributed by atoms with Gasteiger partial charge in [-0.15, -0.1) is 11.8 Å². The van der Waals surface area contributed by atoms with Crippen molar-refractivity contribution in [2.75, 3.05) is 0 Å². The largest absolute Gasteiger partial charge is 0.260 e. The summed E-state index contributed by atoms with van der Waals surface area (Å²) in [6.45, 7) is 2.20. The Labute approximate surface area is 138 Å². The minimum Gasteiger partial charge on any atom is -0.260 e. The Hall–Kier alpha value is -1.10.